The molecule has 0 amide bonds. The zero-order valence-corrected chi connectivity index (χ0v) is 10.7. The summed E-state index contributed by atoms with van der Waals surface area (Å²) in [6.45, 7) is 0. The third-order valence-corrected chi connectivity index (χ3v) is 4.28. The molecule has 0 aliphatic carbocycles. The summed E-state index contributed by atoms with van der Waals surface area (Å²) in [6, 6.07) is 4.77. The zero-order valence-electron chi connectivity index (χ0n) is 8.37. The van der Waals surface area contributed by atoms with Gasteiger partial charge in [-0.3, -0.25) is 0 Å². The molecule has 0 aromatic heterocycles. The largest absolute Gasteiger partial charge is 0.217 e. The number of halogens is 2. The molecule has 0 saturated carbocycles. The molecule has 0 fully saturated rings. The lowest BCUT2D eigenvalue weighted by Crippen LogP contribution is -2.23. The second kappa shape index (κ2) is 4.70. The molecule has 0 aliphatic heterocycles. The summed E-state index contributed by atoms with van der Waals surface area (Å²) < 4.78 is 24.3. The van der Waals surface area contributed by atoms with E-state index in [0.717, 1.165) is 4.31 Å². The van der Waals surface area contributed by atoms with Gasteiger partial charge in [0.2, 0.25) is 10.0 Å². The highest BCUT2D eigenvalue weighted by atomic mass is 35.5. The van der Waals surface area contributed by atoms with Crippen molar-refractivity contribution in [1.29, 1.82) is 0 Å². The van der Waals surface area contributed by atoms with Crippen LogP contribution >= 0.6 is 23.2 Å². The lowest BCUT2D eigenvalue weighted by atomic mass is 10.2. The molecule has 3 nitrogen and oxygen atoms in total. The van der Waals surface area contributed by atoms with Gasteiger partial charge >= 0.3 is 0 Å². The van der Waals surface area contributed by atoms with E-state index in [0.29, 0.717) is 15.6 Å². The minimum absolute atomic E-state index is 0.115. The second-order valence-corrected chi connectivity index (χ2v) is 6.30. The van der Waals surface area contributed by atoms with Gasteiger partial charge in [0, 0.05) is 24.1 Å². The first-order valence-electron chi connectivity index (χ1n) is 4.17. The predicted octanol–water partition coefficient (Wildman–Crippen LogP) is 2.38. The first kappa shape index (κ1) is 12.8. The van der Waals surface area contributed by atoms with Crippen LogP contribution in [-0.4, -0.2) is 26.8 Å². The topological polar surface area (TPSA) is 37.4 Å². The standard InChI is InChI=1S/C9H11Cl2NO2S/c1-12(2)15(13,14)6-7-3-4-8(10)5-9(7)11/h3-5H,6H2,1-2H3. The Balaban J connectivity index is 3.01. The van der Waals surface area contributed by atoms with Crippen LogP contribution < -0.4 is 0 Å². The number of nitrogens with zero attached hydrogens (tertiary/aromatic N) is 1. The summed E-state index contributed by atoms with van der Waals surface area (Å²) in [4.78, 5) is 0. The zero-order chi connectivity index (χ0) is 11.6. The molecule has 84 valence electrons. The number of benzene rings is 1. The van der Waals surface area contributed by atoms with Crippen LogP contribution in [0.5, 0.6) is 0 Å². The van der Waals surface area contributed by atoms with Crippen molar-refractivity contribution in [2.75, 3.05) is 14.1 Å². The molecule has 0 heterocycles. The number of hydrogen-bond donors (Lipinski definition) is 0. The van der Waals surface area contributed by atoms with E-state index in [9.17, 15) is 8.42 Å². The highest BCUT2D eigenvalue weighted by Gasteiger charge is 2.16. The quantitative estimate of drug-likeness (QED) is 0.844. The molecule has 6 heteroatoms. The number of hydrogen-bond acceptors (Lipinski definition) is 2. The Morgan fingerprint density at radius 3 is 2.33 bits per heavy atom. The van der Waals surface area contributed by atoms with E-state index in [1.807, 2.05) is 0 Å². The fourth-order valence-corrected chi connectivity index (χ4v) is 2.42. The van der Waals surface area contributed by atoms with E-state index in [4.69, 9.17) is 23.2 Å². The van der Waals surface area contributed by atoms with Crippen molar-refractivity contribution in [3.8, 4) is 0 Å². The normalized spacial score (nSPS) is 12.1. The summed E-state index contributed by atoms with van der Waals surface area (Å²) in [7, 11) is -0.310. The van der Waals surface area contributed by atoms with Gasteiger partial charge in [-0.05, 0) is 17.7 Å². The molecule has 15 heavy (non-hydrogen) atoms. The van der Waals surface area contributed by atoms with Crippen LogP contribution in [0.1, 0.15) is 5.56 Å². The van der Waals surface area contributed by atoms with Gasteiger partial charge in [0.15, 0.2) is 0 Å². The fraction of sp³-hybridized carbons (Fsp3) is 0.333. The van der Waals surface area contributed by atoms with Crippen molar-refractivity contribution in [2.45, 2.75) is 5.75 Å². The third kappa shape index (κ3) is 3.34. The molecular formula is C9H11Cl2NO2S. The number of sulfonamides is 1. The maximum atomic E-state index is 11.6. The van der Waals surface area contributed by atoms with Gasteiger partial charge in [-0.1, -0.05) is 29.3 Å². The van der Waals surface area contributed by atoms with Gasteiger partial charge in [0.1, 0.15) is 0 Å². The van der Waals surface area contributed by atoms with E-state index < -0.39 is 10.0 Å². The molecule has 0 bridgehead atoms. The van der Waals surface area contributed by atoms with E-state index in [1.54, 1.807) is 12.1 Å². The molecule has 1 aromatic rings. The maximum absolute atomic E-state index is 11.6. The Bertz CT molecular complexity index is 457. The smallest absolute Gasteiger partial charge is 0.212 e. The van der Waals surface area contributed by atoms with E-state index in [-0.39, 0.29) is 5.75 Å². The molecule has 0 N–H and O–H groups in total. The van der Waals surface area contributed by atoms with Crippen LogP contribution in [0.4, 0.5) is 0 Å². The van der Waals surface area contributed by atoms with E-state index in [2.05, 4.69) is 0 Å². The molecule has 0 atom stereocenters. The Kier molecular flexibility index (Phi) is 4.00. The average Bonchev–Trinajstić information content (AvgIpc) is 2.09. The minimum Gasteiger partial charge on any atom is -0.212 e. The Morgan fingerprint density at radius 1 is 1.27 bits per heavy atom. The summed E-state index contributed by atoms with van der Waals surface area (Å²) in [5, 5.41) is 0.860. The van der Waals surface area contributed by atoms with Crippen LogP contribution in [0, 0.1) is 0 Å². The van der Waals surface area contributed by atoms with Crippen LogP contribution in [0.3, 0.4) is 0 Å². The summed E-state index contributed by atoms with van der Waals surface area (Å²) >= 11 is 11.6. The Morgan fingerprint density at radius 2 is 1.87 bits per heavy atom. The fourth-order valence-electron chi connectivity index (χ4n) is 0.964. The summed E-state index contributed by atoms with van der Waals surface area (Å²) in [5.41, 5.74) is 0.551. The minimum atomic E-state index is -3.28. The maximum Gasteiger partial charge on any atom is 0.217 e. The van der Waals surface area contributed by atoms with Crippen molar-refractivity contribution in [1.82, 2.24) is 4.31 Å². The predicted molar refractivity (Wildman–Crippen MR) is 62.8 cm³/mol. The first-order valence-corrected chi connectivity index (χ1v) is 6.53. The van der Waals surface area contributed by atoms with Gasteiger partial charge < -0.3 is 0 Å². The van der Waals surface area contributed by atoms with Crippen molar-refractivity contribution >= 4 is 33.2 Å². The highest BCUT2D eigenvalue weighted by Crippen LogP contribution is 2.23. The van der Waals surface area contributed by atoms with Gasteiger partial charge in [-0.2, -0.15) is 0 Å². The lowest BCUT2D eigenvalue weighted by molar-refractivity contribution is 0.520. The molecule has 0 spiro atoms. The Labute approximate surface area is 99.7 Å². The molecular weight excluding hydrogens is 257 g/mol. The summed E-state index contributed by atoms with van der Waals surface area (Å²) in [6.07, 6.45) is 0. The lowest BCUT2D eigenvalue weighted by Gasteiger charge is -2.12. The van der Waals surface area contributed by atoms with Crippen molar-refractivity contribution in [3.05, 3.63) is 33.8 Å². The highest BCUT2D eigenvalue weighted by molar-refractivity contribution is 7.88. The average molecular weight is 268 g/mol. The van der Waals surface area contributed by atoms with Crippen LogP contribution in [-0.2, 0) is 15.8 Å². The van der Waals surface area contributed by atoms with Crippen LogP contribution in [0.2, 0.25) is 10.0 Å². The number of rotatable bonds is 3. The molecule has 0 unspecified atom stereocenters. The Hall–Kier alpha value is -0.290. The SMILES string of the molecule is CN(C)S(=O)(=O)Cc1ccc(Cl)cc1Cl. The van der Waals surface area contributed by atoms with Gasteiger partial charge in [0.25, 0.3) is 0 Å². The monoisotopic (exact) mass is 267 g/mol. The van der Waals surface area contributed by atoms with Crippen molar-refractivity contribution < 1.29 is 8.42 Å². The van der Waals surface area contributed by atoms with E-state index in [1.165, 1.54) is 20.2 Å². The first-order chi connectivity index (χ1) is 6.83. The molecule has 0 aliphatic rings. The van der Waals surface area contributed by atoms with Crippen molar-refractivity contribution in [2.24, 2.45) is 0 Å². The molecule has 1 aromatic carbocycles. The van der Waals surface area contributed by atoms with Gasteiger partial charge in [0.05, 0.1) is 5.75 Å². The third-order valence-electron chi connectivity index (χ3n) is 1.91. The molecule has 0 radical (unpaired) electrons. The molecule has 1 rings (SSSR count). The molecule has 0 saturated heterocycles. The van der Waals surface area contributed by atoms with Gasteiger partial charge in [-0.15, -0.1) is 0 Å². The van der Waals surface area contributed by atoms with Crippen molar-refractivity contribution in [3.63, 3.8) is 0 Å². The summed E-state index contributed by atoms with van der Waals surface area (Å²) in [5.74, 6) is -0.115. The van der Waals surface area contributed by atoms with Gasteiger partial charge in [-0.25, -0.2) is 12.7 Å². The van der Waals surface area contributed by atoms with E-state index >= 15 is 0 Å². The van der Waals surface area contributed by atoms with Crippen LogP contribution in [0.25, 0.3) is 0 Å². The van der Waals surface area contributed by atoms with Crippen LogP contribution in [0.15, 0.2) is 18.2 Å². The second-order valence-electron chi connectivity index (χ2n) is 3.27.